The number of carbonyl (C=O) groups excluding carboxylic acids is 2. The van der Waals surface area contributed by atoms with Crippen LogP contribution in [0.3, 0.4) is 0 Å². The number of thioether (sulfide) groups is 1. The highest BCUT2D eigenvalue weighted by Crippen LogP contribution is 2.21. The Morgan fingerprint density at radius 3 is 2.16 bits per heavy atom. The van der Waals surface area contributed by atoms with E-state index in [-0.39, 0.29) is 5.91 Å². The number of carbonyl (C=O) groups is 2. The van der Waals surface area contributed by atoms with Gasteiger partial charge in [-0.25, -0.2) is 14.8 Å². The van der Waals surface area contributed by atoms with Crippen molar-refractivity contribution in [2.24, 2.45) is 0 Å². The number of nitrogens with one attached hydrogen (secondary N) is 2. The zero-order valence-electron chi connectivity index (χ0n) is 11.7. The molecule has 104 valence electrons. The summed E-state index contributed by atoms with van der Waals surface area (Å²) in [7, 11) is 1.45. The fourth-order valence-electron chi connectivity index (χ4n) is 1.28. The highest BCUT2D eigenvalue weighted by Gasteiger charge is 2.18. The van der Waals surface area contributed by atoms with E-state index in [2.05, 4.69) is 20.6 Å². The first kappa shape index (κ1) is 15.4. The Balaban J connectivity index is 2.74. The second-order valence-corrected chi connectivity index (χ2v) is 5.44. The van der Waals surface area contributed by atoms with Crippen LogP contribution in [-0.4, -0.2) is 34.2 Å². The average molecular weight is 282 g/mol. The Labute approximate surface area is 116 Å². The second kappa shape index (κ2) is 6.51. The summed E-state index contributed by atoms with van der Waals surface area (Å²) >= 11 is 1.23. The number of hydrogen-bond acceptors (Lipinski definition) is 5. The summed E-state index contributed by atoms with van der Waals surface area (Å²) in [6, 6.07) is -0.519. The normalized spacial score (nSPS) is 11.8. The van der Waals surface area contributed by atoms with Gasteiger partial charge in [-0.15, -0.1) is 0 Å². The molecule has 19 heavy (non-hydrogen) atoms. The topological polar surface area (TPSA) is 84.0 Å². The van der Waals surface area contributed by atoms with Crippen LogP contribution in [0.2, 0.25) is 0 Å². The van der Waals surface area contributed by atoms with Gasteiger partial charge in [0.15, 0.2) is 5.16 Å². The number of aromatic nitrogens is 2. The van der Waals surface area contributed by atoms with Gasteiger partial charge in [0.2, 0.25) is 5.91 Å². The Kier molecular flexibility index (Phi) is 5.29. The molecule has 0 aliphatic carbocycles. The molecule has 3 amide bonds. The number of rotatable bonds is 3. The molecule has 1 rings (SSSR count). The number of imide groups is 1. The molecular weight excluding hydrogens is 264 g/mol. The van der Waals surface area contributed by atoms with Crippen molar-refractivity contribution in [3.63, 3.8) is 0 Å². The van der Waals surface area contributed by atoms with Crippen molar-refractivity contribution in [3.05, 3.63) is 17.0 Å². The SMILES string of the molecule is CNC(=O)NC(=O)[C@H](C)Sc1nc(C)c(C)c(C)n1. The number of urea groups is 1. The van der Waals surface area contributed by atoms with Gasteiger partial charge in [0.1, 0.15) is 0 Å². The van der Waals surface area contributed by atoms with Crippen LogP contribution in [-0.2, 0) is 4.79 Å². The Morgan fingerprint density at radius 2 is 1.68 bits per heavy atom. The van der Waals surface area contributed by atoms with E-state index in [9.17, 15) is 9.59 Å². The van der Waals surface area contributed by atoms with Crippen LogP contribution in [0.5, 0.6) is 0 Å². The van der Waals surface area contributed by atoms with Gasteiger partial charge in [-0.2, -0.15) is 0 Å². The average Bonchev–Trinajstić information content (AvgIpc) is 2.35. The van der Waals surface area contributed by atoms with Crippen LogP contribution >= 0.6 is 11.8 Å². The third kappa shape index (κ3) is 4.20. The van der Waals surface area contributed by atoms with Gasteiger partial charge in [-0.1, -0.05) is 11.8 Å². The lowest BCUT2D eigenvalue weighted by molar-refractivity contribution is -0.119. The van der Waals surface area contributed by atoms with Crippen molar-refractivity contribution in [3.8, 4) is 0 Å². The lowest BCUT2D eigenvalue weighted by atomic mass is 10.2. The standard InChI is InChI=1S/C12H18N4O2S/c1-6-7(2)14-12(15-8(6)3)19-9(4)10(17)16-11(18)13-5/h9H,1-5H3,(H2,13,16,17,18)/t9-/m0/s1. The predicted octanol–water partition coefficient (Wildman–Crippen LogP) is 1.34. The van der Waals surface area contributed by atoms with Crippen molar-refractivity contribution < 1.29 is 9.59 Å². The first-order chi connectivity index (χ1) is 8.85. The lowest BCUT2D eigenvalue weighted by Crippen LogP contribution is -2.41. The van der Waals surface area contributed by atoms with Gasteiger partial charge in [0, 0.05) is 18.4 Å². The Hall–Kier alpha value is -1.63. The molecule has 1 atom stereocenters. The summed E-state index contributed by atoms with van der Waals surface area (Å²) in [4.78, 5) is 31.4. The molecule has 1 heterocycles. The van der Waals surface area contributed by atoms with E-state index in [0.29, 0.717) is 5.16 Å². The maximum absolute atomic E-state index is 11.7. The molecule has 0 aromatic carbocycles. The number of aryl methyl sites for hydroxylation is 2. The Morgan fingerprint density at radius 1 is 1.16 bits per heavy atom. The monoisotopic (exact) mass is 282 g/mol. The summed E-state index contributed by atoms with van der Waals surface area (Å²) in [6.07, 6.45) is 0. The molecule has 6 nitrogen and oxygen atoms in total. The maximum atomic E-state index is 11.7. The highest BCUT2D eigenvalue weighted by molar-refractivity contribution is 8.00. The molecule has 0 fully saturated rings. The fourth-order valence-corrected chi connectivity index (χ4v) is 2.14. The third-order valence-electron chi connectivity index (χ3n) is 2.73. The van der Waals surface area contributed by atoms with E-state index in [4.69, 9.17) is 0 Å². The summed E-state index contributed by atoms with van der Waals surface area (Å²) in [6.45, 7) is 7.48. The van der Waals surface area contributed by atoms with Crippen molar-refractivity contribution in [1.29, 1.82) is 0 Å². The molecule has 0 aliphatic heterocycles. The molecule has 0 bridgehead atoms. The zero-order valence-corrected chi connectivity index (χ0v) is 12.5. The number of hydrogen-bond donors (Lipinski definition) is 2. The summed E-state index contributed by atoms with van der Waals surface area (Å²) in [5.74, 6) is -0.371. The first-order valence-electron chi connectivity index (χ1n) is 5.86. The minimum Gasteiger partial charge on any atom is -0.341 e. The third-order valence-corrected chi connectivity index (χ3v) is 3.69. The fraction of sp³-hybridized carbons (Fsp3) is 0.500. The molecule has 0 spiro atoms. The molecule has 0 aliphatic rings. The molecule has 2 N–H and O–H groups in total. The van der Waals surface area contributed by atoms with Gasteiger partial charge in [0.25, 0.3) is 0 Å². The molecule has 7 heteroatoms. The lowest BCUT2D eigenvalue weighted by Gasteiger charge is -2.11. The molecule has 1 aromatic heterocycles. The van der Waals surface area contributed by atoms with Crippen LogP contribution in [0.15, 0.2) is 5.16 Å². The van der Waals surface area contributed by atoms with Crippen molar-refractivity contribution >= 4 is 23.7 Å². The van der Waals surface area contributed by atoms with Gasteiger partial charge in [-0.05, 0) is 33.3 Å². The molecular formula is C12H18N4O2S. The van der Waals surface area contributed by atoms with E-state index in [1.807, 2.05) is 20.8 Å². The van der Waals surface area contributed by atoms with E-state index < -0.39 is 11.3 Å². The minimum absolute atomic E-state index is 0.371. The van der Waals surface area contributed by atoms with Gasteiger partial charge in [-0.3, -0.25) is 10.1 Å². The first-order valence-corrected chi connectivity index (χ1v) is 6.74. The van der Waals surface area contributed by atoms with E-state index >= 15 is 0 Å². The van der Waals surface area contributed by atoms with Crippen LogP contribution < -0.4 is 10.6 Å². The molecule has 0 radical (unpaired) electrons. The highest BCUT2D eigenvalue weighted by atomic mass is 32.2. The number of nitrogens with zero attached hydrogens (tertiary/aromatic N) is 2. The molecule has 0 saturated heterocycles. The van der Waals surface area contributed by atoms with Gasteiger partial charge < -0.3 is 5.32 Å². The number of amides is 3. The van der Waals surface area contributed by atoms with Gasteiger partial charge in [0.05, 0.1) is 5.25 Å². The van der Waals surface area contributed by atoms with Crippen molar-refractivity contribution in [1.82, 2.24) is 20.6 Å². The Bertz CT molecular complexity index is 481. The van der Waals surface area contributed by atoms with Crippen LogP contribution in [0.4, 0.5) is 4.79 Å². The van der Waals surface area contributed by atoms with E-state index in [0.717, 1.165) is 17.0 Å². The van der Waals surface area contributed by atoms with E-state index in [1.54, 1.807) is 6.92 Å². The van der Waals surface area contributed by atoms with Gasteiger partial charge >= 0.3 is 6.03 Å². The van der Waals surface area contributed by atoms with Crippen LogP contribution in [0.25, 0.3) is 0 Å². The van der Waals surface area contributed by atoms with Crippen LogP contribution in [0.1, 0.15) is 23.9 Å². The predicted molar refractivity (Wildman–Crippen MR) is 74.2 cm³/mol. The second-order valence-electron chi connectivity index (χ2n) is 4.13. The molecule has 1 aromatic rings. The smallest absolute Gasteiger partial charge is 0.321 e. The minimum atomic E-state index is -0.519. The largest absolute Gasteiger partial charge is 0.341 e. The molecule has 0 unspecified atom stereocenters. The van der Waals surface area contributed by atoms with Crippen LogP contribution in [0, 0.1) is 20.8 Å². The summed E-state index contributed by atoms with van der Waals surface area (Å²) in [5.41, 5.74) is 2.84. The van der Waals surface area contributed by atoms with E-state index in [1.165, 1.54) is 18.8 Å². The zero-order chi connectivity index (χ0) is 14.6. The summed E-state index contributed by atoms with van der Waals surface area (Å²) < 4.78 is 0. The maximum Gasteiger partial charge on any atom is 0.321 e. The quantitative estimate of drug-likeness (QED) is 0.645. The molecule has 0 saturated carbocycles. The van der Waals surface area contributed by atoms with Crippen molar-refractivity contribution in [2.75, 3.05) is 7.05 Å². The summed E-state index contributed by atoms with van der Waals surface area (Å²) in [5, 5.41) is 4.65. The van der Waals surface area contributed by atoms with Crippen molar-refractivity contribution in [2.45, 2.75) is 38.1 Å².